The van der Waals surface area contributed by atoms with Crippen molar-refractivity contribution >= 4 is 11.9 Å². The van der Waals surface area contributed by atoms with E-state index in [1.54, 1.807) is 0 Å². The van der Waals surface area contributed by atoms with E-state index in [4.69, 9.17) is 9.47 Å². The second-order valence-corrected chi connectivity index (χ2v) is 7.69. The zero-order chi connectivity index (χ0) is 21.2. The summed E-state index contributed by atoms with van der Waals surface area (Å²) >= 11 is 0. The van der Waals surface area contributed by atoms with Gasteiger partial charge in [0, 0.05) is 6.42 Å². The van der Waals surface area contributed by atoms with Gasteiger partial charge in [-0.2, -0.15) is 0 Å². The van der Waals surface area contributed by atoms with Crippen molar-refractivity contribution in [1.82, 2.24) is 10.2 Å². The van der Waals surface area contributed by atoms with Gasteiger partial charge in [0.15, 0.2) is 0 Å². The standard InChI is InChI=1S/C25H22N2O4/c28-24-23(20-10-11-22-19(14-20)12-13-30-22)26-25(29)27(24)15-17-6-8-18(9-7-17)16-31-21-4-2-1-3-5-21/h1-11,14,23H,12-13,15-16H2,(H,26,29). The molecule has 6 nitrogen and oxygen atoms in total. The fourth-order valence-electron chi connectivity index (χ4n) is 3.89. The summed E-state index contributed by atoms with van der Waals surface area (Å²) in [6, 6.07) is 22.0. The Balaban J connectivity index is 1.23. The summed E-state index contributed by atoms with van der Waals surface area (Å²) < 4.78 is 11.3. The van der Waals surface area contributed by atoms with E-state index >= 15 is 0 Å². The maximum absolute atomic E-state index is 12.9. The minimum atomic E-state index is -0.656. The number of hydrogen-bond acceptors (Lipinski definition) is 4. The number of carbonyl (C=O) groups excluding carboxylic acids is 2. The van der Waals surface area contributed by atoms with Gasteiger partial charge in [-0.15, -0.1) is 0 Å². The third-order valence-electron chi connectivity index (χ3n) is 5.59. The number of nitrogens with one attached hydrogen (secondary N) is 1. The van der Waals surface area contributed by atoms with Crippen LogP contribution in [0, 0.1) is 0 Å². The Morgan fingerprint density at radius 1 is 0.968 bits per heavy atom. The highest BCUT2D eigenvalue weighted by Crippen LogP contribution is 2.31. The molecule has 1 fully saturated rings. The largest absolute Gasteiger partial charge is 0.493 e. The summed E-state index contributed by atoms with van der Waals surface area (Å²) in [5.41, 5.74) is 3.77. The van der Waals surface area contributed by atoms with E-state index in [0.29, 0.717) is 13.2 Å². The summed E-state index contributed by atoms with van der Waals surface area (Å²) in [5, 5.41) is 2.81. The van der Waals surface area contributed by atoms with E-state index in [9.17, 15) is 9.59 Å². The first-order valence-electron chi connectivity index (χ1n) is 10.3. The predicted molar refractivity (Wildman–Crippen MR) is 115 cm³/mol. The normalized spacial score (nSPS) is 17.3. The molecular formula is C25H22N2O4. The Hall–Kier alpha value is -3.80. The van der Waals surface area contributed by atoms with Crippen molar-refractivity contribution in [3.8, 4) is 11.5 Å². The number of imide groups is 1. The summed E-state index contributed by atoms with van der Waals surface area (Å²) in [4.78, 5) is 26.7. The first kappa shape index (κ1) is 19.2. The van der Waals surface area contributed by atoms with Crippen LogP contribution in [-0.4, -0.2) is 23.4 Å². The molecule has 156 valence electrons. The third-order valence-corrected chi connectivity index (χ3v) is 5.59. The second-order valence-electron chi connectivity index (χ2n) is 7.69. The van der Waals surface area contributed by atoms with Gasteiger partial charge in [0.1, 0.15) is 24.1 Å². The molecule has 1 N–H and O–H groups in total. The van der Waals surface area contributed by atoms with Crippen LogP contribution in [0.4, 0.5) is 4.79 Å². The summed E-state index contributed by atoms with van der Waals surface area (Å²) in [6.07, 6.45) is 0.822. The van der Waals surface area contributed by atoms with Gasteiger partial charge in [-0.25, -0.2) is 4.79 Å². The molecule has 3 aromatic rings. The summed E-state index contributed by atoms with van der Waals surface area (Å²) in [7, 11) is 0. The Kier molecular flexibility index (Phi) is 5.04. The first-order valence-corrected chi connectivity index (χ1v) is 10.3. The van der Waals surface area contributed by atoms with Crippen LogP contribution >= 0.6 is 0 Å². The van der Waals surface area contributed by atoms with Crippen LogP contribution in [0.1, 0.15) is 28.3 Å². The van der Waals surface area contributed by atoms with Gasteiger partial charge < -0.3 is 14.8 Å². The van der Waals surface area contributed by atoms with Gasteiger partial charge in [0.25, 0.3) is 5.91 Å². The molecule has 2 aliphatic rings. The van der Waals surface area contributed by atoms with E-state index < -0.39 is 6.04 Å². The molecule has 3 aromatic carbocycles. The first-order chi connectivity index (χ1) is 15.2. The molecule has 1 saturated heterocycles. The van der Waals surface area contributed by atoms with Gasteiger partial charge >= 0.3 is 6.03 Å². The van der Waals surface area contributed by atoms with Crippen LogP contribution < -0.4 is 14.8 Å². The van der Waals surface area contributed by atoms with Crippen LogP contribution in [0.5, 0.6) is 11.5 Å². The number of benzene rings is 3. The molecular weight excluding hydrogens is 392 g/mol. The lowest BCUT2D eigenvalue weighted by molar-refractivity contribution is -0.128. The van der Waals surface area contributed by atoms with E-state index in [1.807, 2.05) is 72.8 Å². The number of nitrogens with zero attached hydrogens (tertiary/aromatic N) is 1. The Morgan fingerprint density at radius 2 is 1.74 bits per heavy atom. The Labute approximate surface area is 180 Å². The Morgan fingerprint density at radius 3 is 2.55 bits per heavy atom. The fraction of sp³-hybridized carbons (Fsp3) is 0.200. The topological polar surface area (TPSA) is 67.9 Å². The molecule has 3 amide bonds. The third kappa shape index (κ3) is 3.97. The minimum Gasteiger partial charge on any atom is -0.493 e. The predicted octanol–water partition coefficient (Wildman–Crippen LogP) is 3.99. The molecule has 0 bridgehead atoms. The zero-order valence-corrected chi connectivity index (χ0v) is 16.9. The molecule has 6 heteroatoms. The zero-order valence-electron chi connectivity index (χ0n) is 16.9. The van der Waals surface area contributed by atoms with Crippen LogP contribution in [0.25, 0.3) is 0 Å². The van der Waals surface area contributed by atoms with E-state index in [2.05, 4.69) is 5.32 Å². The van der Waals surface area contributed by atoms with Gasteiger partial charge in [-0.3, -0.25) is 9.69 Å². The highest BCUT2D eigenvalue weighted by molar-refractivity contribution is 6.04. The van der Waals surface area contributed by atoms with Gasteiger partial charge in [0.05, 0.1) is 13.2 Å². The maximum Gasteiger partial charge on any atom is 0.325 e. The van der Waals surface area contributed by atoms with Gasteiger partial charge in [-0.1, -0.05) is 48.5 Å². The lowest BCUT2D eigenvalue weighted by atomic mass is 10.0. The van der Waals surface area contributed by atoms with Gasteiger partial charge in [0.2, 0.25) is 0 Å². The van der Waals surface area contributed by atoms with Crippen LogP contribution in [0.15, 0.2) is 72.8 Å². The van der Waals surface area contributed by atoms with Crippen molar-refractivity contribution in [2.24, 2.45) is 0 Å². The highest BCUT2D eigenvalue weighted by atomic mass is 16.5. The van der Waals surface area contributed by atoms with E-state index in [0.717, 1.165) is 40.2 Å². The van der Waals surface area contributed by atoms with Crippen molar-refractivity contribution in [3.63, 3.8) is 0 Å². The summed E-state index contributed by atoms with van der Waals surface area (Å²) in [5.74, 6) is 1.43. The lowest BCUT2D eigenvalue weighted by Crippen LogP contribution is -2.30. The molecule has 2 aliphatic heterocycles. The molecule has 31 heavy (non-hydrogen) atoms. The number of fused-ring (bicyclic) bond motifs is 1. The highest BCUT2D eigenvalue weighted by Gasteiger charge is 2.39. The van der Waals surface area contributed by atoms with Gasteiger partial charge in [-0.05, 0) is 46.5 Å². The van der Waals surface area contributed by atoms with Crippen LogP contribution in [-0.2, 0) is 24.4 Å². The molecule has 5 rings (SSSR count). The van der Waals surface area contributed by atoms with Crippen molar-refractivity contribution in [2.75, 3.05) is 6.61 Å². The smallest absolute Gasteiger partial charge is 0.325 e. The second kappa shape index (κ2) is 8.14. The van der Waals surface area contributed by atoms with Crippen molar-refractivity contribution < 1.29 is 19.1 Å². The van der Waals surface area contributed by atoms with Crippen molar-refractivity contribution in [1.29, 1.82) is 0 Å². The molecule has 0 aliphatic carbocycles. The van der Waals surface area contributed by atoms with Crippen molar-refractivity contribution in [2.45, 2.75) is 25.6 Å². The molecule has 1 atom stereocenters. The van der Waals surface area contributed by atoms with E-state index in [-0.39, 0.29) is 18.5 Å². The number of urea groups is 1. The summed E-state index contributed by atoms with van der Waals surface area (Å²) in [6.45, 7) is 1.34. The maximum atomic E-state index is 12.9. The van der Waals surface area contributed by atoms with Crippen LogP contribution in [0.2, 0.25) is 0 Å². The number of rotatable bonds is 6. The van der Waals surface area contributed by atoms with Crippen LogP contribution in [0.3, 0.4) is 0 Å². The molecule has 0 radical (unpaired) electrons. The molecule has 0 spiro atoms. The molecule has 0 aromatic heterocycles. The fourth-order valence-corrected chi connectivity index (χ4v) is 3.89. The molecule has 0 saturated carbocycles. The number of hydrogen-bond donors (Lipinski definition) is 1. The average molecular weight is 414 g/mol. The number of carbonyl (C=O) groups is 2. The van der Waals surface area contributed by atoms with E-state index in [1.165, 1.54) is 4.90 Å². The molecule has 1 unspecified atom stereocenters. The lowest BCUT2D eigenvalue weighted by Gasteiger charge is -2.14. The Bertz CT molecular complexity index is 1110. The quantitative estimate of drug-likeness (QED) is 0.620. The molecule has 2 heterocycles. The number of amides is 3. The monoisotopic (exact) mass is 414 g/mol. The van der Waals surface area contributed by atoms with Crippen molar-refractivity contribution in [3.05, 3.63) is 95.1 Å². The number of ether oxygens (including phenoxy) is 2. The average Bonchev–Trinajstić information content (AvgIpc) is 3.38. The number of para-hydroxylation sites is 1. The SMILES string of the molecule is O=C1NC(c2ccc3c(c2)CCO3)C(=O)N1Cc1ccc(COc2ccccc2)cc1. The minimum absolute atomic E-state index is 0.231.